The monoisotopic (exact) mass is 406 g/mol. The highest BCUT2D eigenvalue weighted by Gasteiger charge is 2.28. The molecule has 1 unspecified atom stereocenters. The maximum atomic E-state index is 12.9. The molecule has 0 saturated carbocycles. The zero-order chi connectivity index (χ0) is 20.5. The van der Waals surface area contributed by atoms with Crippen molar-refractivity contribution in [1.29, 1.82) is 0 Å². The fourth-order valence-electron chi connectivity index (χ4n) is 3.96. The lowest BCUT2D eigenvalue weighted by molar-refractivity contribution is -0.117. The number of nitrogens with one attached hydrogen (secondary N) is 3. The van der Waals surface area contributed by atoms with E-state index in [1.165, 1.54) is 0 Å². The Bertz CT molecular complexity index is 1170. The van der Waals surface area contributed by atoms with E-state index < -0.39 is 6.23 Å². The number of carbonyl (C=O) groups is 1. The maximum Gasteiger partial charge on any atom is 0.329 e. The standard InChI is InChI=1S/C21H22N6O3/c28-20(24-15-13-23-8-7-16(15)26-11-9-22-10-12-26)18-5-6-19(30-18)27-17-4-2-1-3-14(17)25-21(27)29/h1-5,7-8,13,19,22H,6,9-12H2,(H,24,28)(H,25,29). The van der Waals surface area contributed by atoms with Gasteiger partial charge in [0.05, 0.1) is 28.6 Å². The molecule has 2 aliphatic rings. The number of ether oxygens (including phenoxy) is 1. The van der Waals surface area contributed by atoms with Crippen LogP contribution in [-0.2, 0) is 9.53 Å². The summed E-state index contributed by atoms with van der Waals surface area (Å²) in [5.41, 5.74) is 2.80. The Morgan fingerprint density at radius 1 is 1.20 bits per heavy atom. The number of imidazole rings is 1. The molecule has 1 saturated heterocycles. The van der Waals surface area contributed by atoms with Crippen LogP contribution in [0.4, 0.5) is 11.4 Å². The molecule has 4 heterocycles. The van der Waals surface area contributed by atoms with Gasteiger partial charge in [-0.05, 0) is 24.3 Å². The number of benzene rings is 1. The van der Waals surface area contributed by atoms with E-state index in [0.717, 1.165) is 42.9 Å². The summed E-state index contributed by atoms with van der Waals surface area (Å²) in [6, 6.07) is 9.31. The van der Waals surface area contributed by atoms with Crippen molar-refractivity contribution in [3.05, 3.63) is 65.0 Å². The van der Waals surface area contributed by atoms with E-state index >= 15 is 0 Å². The summed E-state index contributed by atoms with van der Waals surface area (Å²) in [7, 11) is 0. The fourth-order valence-corrected chi connectivity index (χ4v) is 3.96. The summed E-state index contributed by atoms with van der Waals surface area (Å²) < 4.78 is 7.41. The highest BCUT2D eigenvalue weighted by molar-refractivity contribution is 6.04. The number of piperazine rings is 1. The van der Waals surface area contributed by atoms with Crippen LogP contribution >= 0.6 is 0 Å². The molecule has 9 nitrogen and oxygen atoms in total. The molecule has 154 valence electrons. The second-order valence-electron chi connectivity index (χ2n) is 7.28. The number of anilines is 2. The third-order valence-corrected chi connectivity index (χ3v) is 5.41. The number of rotatable bonds is 4. The number of para-hydroxylation sites is 2. The Hall–Kier alpha value is -3.59. The van der Waals surface area contributed by atoms with Crippen LogP contribution in [0, 0.1) is 0 Å². The zero-order valence-electron chi connectivity index (χ0n) is 16.3. The van der Waals surface area contributed by atoms with Crippen LogP contribution in [0.25, 0.3) is 11.0 Å². The summed E-state index contributed by atoms with van der Waals surface area (Å²) in [6.07, 6.45) is 4.96. The van der Waals surface area contributed by atoms with Gasteiger partial charge in [-0.15, -0.1) is 0 Å². The largest absolute Gasteiger partial charge is 0.464 e. The first-order valence-corrected chi connectivity index (χ1v) is 9.98. The third-order valence-electron chi connectivity index (χ3n) is 5.41. The number of fused-ring (bicyclic) bond motifs is 1. The smallest absolute Gasteiger partial charge is 0.329 e. The van der Waals surface area contributed by atoms with Gasteiger partial charge < -0.3 is 25.3 Å². The molecule has 2 aliphatic heterocycles. The van der Waals surface area contributed by atoms with Crippen LogP contribution in [0.5, 0.6) is 0 Å². The van der Waals surface area contributed by atoms with E-state index in [1.807, 2.05) is 30.3 Å². The number of aromatic amines is 1. The number of H-pyrrole nitrogens is 1. The number of hydrogen-bond acceptors (Lipinski definition) is 6. The van der Waals surface area contributed by atoms with Gasteiger partial charge in [0.1, 0.15) is 0 Å². The Kier molecular flexibility index (Phi) is 4.72. The molecule has 0 spiro atoms. The van der Waals surface area contributed by atoms with Gasteiger partial charge in [-0.1, -0.05) is 12.1 Å². The molecule has 1 amide bonds. The van der Waals surface area contributed by atoms with E-state index in [0.29, 0.717) is 12.1 Å². The Balaban J connectivity index is 1.33. The van der Waals surface area contributed by atoms with Crippen LogP contribution in [0.3, 0.4) is 0 Å². The molecule has 0 radical (unpaired) electrons. The van der Waals surface area contributed by atoms with Crippen LogP contribution in [0.1, 0.15) is 12.6 Å². The van der Waals surface area contributed by atoms with Crippen LogP contribution in [-0.4, -0.2) is 46.6 Å². The van der Waals surface area contributed by atoms with Gasteiger partial charge in [0.2, 0.25) is 0 Å². The molecule has 5 rings (SSSR count). The Labute approximate surface area is 172 Å². The van der Waals surface area contributed by atoms with Crippen molar-refractivity contribution in [1.82, 2.24) is 19.9 Å². The quantitative estimate of drug-likeness (QED) is 0.608. The van der Waals surface area contributed by atoms with Gasteiger partial charge in [0.15, 0.2) is 12.0 Å². The Morgan fingerprint density at radius 3 is 2.90 bits per heavy atom. The van der Waals surface area contributed by atoms with Gasteiger partial charge in [-0.25, -0.2) is 4.79 Å². The fraction of sp³-hybridized carbons (Fsp3) is 0.286. The zero-order valence-corrected chi connectivity index (χ0v) is 16.3. The summed E-state index contributed by atoms with van der Waals surface area (Å²) in [5, 5.41) is 6.24. The summed E-state index contributed by atoms with van der Waals surface area (Å²) in [4.78, 5) is 34.4. The molecule has 0 aliphatic carbocycles. The van der Waals surface area contributed by atoms with Crippen molar-refractivity contribution in [2.75, 3.05) is 36.4 Å². The molecular weight excluding hydrogens is 384 g/mol. The molecule has 2 aromatic heterocycles. The van der Waals surface area contributed by atoms with Gasteiger partial charge in [0, 0.05) is 38.8 Å². The van der Waals surface area contributed by atoms with E-state index in [-0.39, 0.29) is 17.4 Å². The first kappa shape index (κ1) is 18.4. The minimum atomic E-state index is -0.559. The number of aromatic nitrogens is 3. The maximum absolute atomic E-state index is 12.9. The van der Waals surface area contributed by atoms with Gasteiger partial charge >= 0.3 is 5.69 Å². The molecule has 30 heavy (non-hydrogen) atoms. The third kappa shape index (κ3) is 3.33. The second-order valence-corrected chi connectivity index (χ2v) is 7.28. The van der Waals surface area contributed by atoms with E-state index in [2.05, 4.69) is 25.5 Å². The minimum Gasteiger partial charge on any atom is -0.464 e. The molecule has 0 bridgehead atoms. The summed E-state index contributed by atoms with van der Waals surface area (Å²) >= 11 is 0. The van der Waals surface area contributed by atoms with E-state index in [9.17, 15) is 9.59 Å². The molecule has 3 N–H and O–H groups in total. The number of pyridine rings is 1. The van der Waals surface area contributed by atoms with E-state index in [4.69, 9.17) is 4.74 Å². The topological polar surface area (TPSA) is 104 Å². The number of amides is 1. The molecular formula is C21H22N6O3. The second kappa shape index (κ2) is 7.68. The Morgan fingerprint density at radius 2 is 2.03 bits per heavy atom. The summed E-state index contributed by atoms with van der Waals surface area (Å²) in [5.74, 6) is -0.151. The molecule has 3 aromatic rings. The highest BCUT2D eigenvalue weighted by atomic mass is 16.5. The lowest BCUT2D eigenvalue weighted by atomic mass is 10.2. The lowest BCUT2D eigenvalue weighted by Crippen LogP contribution is -2.43. The van der Waals surface area contributed by atoms with Crippen molar-refractivity contribution in [3.8, 4) is 0 Å². The first-order valence-electron chi connectivity index (χ1n) is 9.98. The summed E-state index contributed by atoms with van der Waals surface area (Å²) in [6.45, 7) is 3.51. The van der Waals surface area contributed by atoms with Crippen molar-refractivity contribution in [2.24, 2.45) is 0 Å². The normalized spacial score (nSPS) is 18.9. The van der Waals surface area contributed by atoms with Crippen molar-refractivity contribution >= 4 is 28.3 Å². The van der Waals surface area contributed by atoms with Gasteiger partial charge in [-0.3, -0.25) is 14.3 Å². The average molecular weight is 406 g/mol. The minimum absolute atomic E-state index is 0.201. The van der Waals surface area contributed by atoms with Crippen LogP contribution < -0.4 is 21.2 Å². The van der Waals surface area contributed by atoms with Gasteiger partial charge in [-0.2, -0.15) is 0 Å². The predicted octanol–water partition coefficient (Wildman–Crippen LogP) is 1.58. The SMILES string of the molecule is O=C(Nc1cnccc1N1CCNCC1)C1=CCC(n2c(=O)[nH]c3ccccc32)O1. The molecule has 1 atom stereocenters. The van der Waals surface area contributed by atoms with E-state index in [1.54, 1.807) is 23.0 Å². The van der Waals surface area contributed by atoms with Crippen LogP contribution in [0.2, 0.25) is 0 Å². The number of carbonyl (C=O) groups excluding carboxylic acids is 1. The first-order chi connectivity index (χ1) is 14.7. The molecule has 1 fully saturated rings. The van der Waals surface area contributed by atoms with Crippen LogP contribution in [0.15, 0.2) is 59.4 Å². The van der Waals surface area contributed by atoms with Crippen molar-refractivity contribution < 1.29 is 9.53 Å². The average Bonchev–Trinajstić information content (AvgIpc) is 3.38. The van der Waals surface area contributed by atoms with Crippen molar-refractivity contribution in [2.45, 2.75) is 12.6 Å². The highest BCUT2D eigenvalue weighted by Crippen LogP contribution is 2.30. The van der Waals surface area contributed by atoms with Gasteiger partial charge in [0.25, 0.3) is 5.91 Å². The molecule has 9 heteroatoms. The van der Waals surface area contributed by atoms with Crippen molar-refractivity contribution in [3.63, 3.8) is 0 Å². The predicted molar refractivity (Wildman–Crippen MR) is 113 cm³/mol. The number of hydrogen-bond donors (Lipinski definition) is 3. The number of nitrogens with zero attached hydrogens (tertiary/aromatic N) is 3. The lowest BCUT2D eigenvalue weighted by Gasteiger charge is -2.30. The molecule has 1 aromatic carbocycles.